The summed E-state index contributed by atoms with van der Waals surface area (Å²) in [5, 5.41) is 0. The number of hydrogen-bond acceptors (Lipinski definition) is 2. The fourth-order valence-corrected chi connectivity index (χ4v) is 2.18. The average Bonchev–Trinajstić information content (AvgIpc) is 2.28. The maximum absolute atomic E-state index is 13.3. The summed E-state index contributed by atoms with van der Waals surface area (Å²) in [7, 11) is 2.12. The van der Waals surface area contributed by atoms with Gasteiger partial charge in [-0.1, -0.05) is 12.1 Å². The van der Waals surface area contributed by atoms with Crippen molar-refractivity contribution in [2.45, 2.75) is 12.8 Å². The summed E-state index contributed by atoms with van der Waals surface area (Å²) in [4.78, 5) is 2.30. The highest BCUT2D eigenvalue weighted by Crippen LogP contribution is 2.19. The van der Waals surface area contributed by atoms with Crippen LogP contribution < -0.4 is 4.74 Å². The number of halogens is 1. The van der Waals surface area contributed by atoms with Crippen LogP contribution in [0.3, 0.4) is 0 Å². The van der Waals surface area contributed by atoms with E-state index in [1.807, 2.05) is 0 Å². The van der Waals surface area contributed by atoms with Crippen molar-refractivity contribution >= 4 is 0 Å². The Hall–Kier alpha value is -1.09. The minimum atomic E-state index is -0.272. The molecule has 88 valence electrons. The number of piperidine rings is 1. The van der Waals surface area contributed by atoms with E-state index in [9.17, 15) is 4.39 Å². The van der Waals surface area contributed by atoms with Crippen LogP contribution in [0, 0.1) is 11.7 Å². The predicted molar refractivity (Wildman–Crippen MR) is 62.1 cm³/mol. The van der Waals surface area contributed by atoms with Gasteiger partial charge in [-0.3, -0.25) is 0 Å². The molecule has 0 amide bonds. The van der Waals surface area contributed by atoms with Crippen molar-refractivity contribution in [3.8, 4) is 5.75 Å². The molecule has 2 rings (SSSR count). The van der Waals surface area contributed by atoms with E-state index in [0.29, 0.717) is 18.3 Å². The first-order chi connectivity index (χ1) is 7.75. The molecule has 1 aromatic rings. The Kier molecular flexibility index (Phi) is 3.78. The van der Waals surface area contributed by atoms with Gasteiger partial charge in [0.05, 0.1) is 6.61 Å². The highest BCUT2D eigenvalue weighted by molar-refractivity contribution is 5.23. The highest BCUT2D eigenvalue weighted by atomic mass is 19.1. The largest absolute Gasteiger partial charge is 0.490 e. The summed E-state index contributed by atoms with van der Waals surface area (Å²) in [6.07, 6.45) is 2.39. The van der Waals surface area contributed by atoms with Crippen LogP contribution in [0.1, 0.15) is 12.8 Å². The highest BCUT2D eigenvalue weighted by Gasteiger charge is 2.18. The second-order valence-electron chi connectivity index (χ2n) is 4.51. The lowest BCUT2D eigenvalue weighted by molar-refractivity contribution is 0.147. The Morgan fingerprint density at radius 3 is 3.00 bits per heavy atom. The van der Waals surface area contributed by atoms with Crippen LogP contribution >= 0.6 is 0 Å². The van der Waals surface area contributed by atoms with Crippen molar-refractivity contribution in [2.24, 2.45) is 5.92 Å². The van der Waals surface area contributed by atoms with Gasteiger partial charge in [-0.2, -0.15) is 0 Å². The third-order valence-corrected chi connectivity index (χ3v) is 3.03. The molecule has 2 nitrogen and oxygen atoms in total. The predicted octanol–water partition coefficient (Wildman–Crippen LogP) is 2.55. The third kappa shape index (κ3) is 2.95. The zero-order valence-corrected chi connectivity index (χ0v) is 9.66. The van der Waals surface area contributed by atoms with Gasteiger partial charge in [0.2, 0.25) is 0 Å². The van der Waals surface area contributed by atoms with Gasteiger partial charge in [-0.05, 0) is 38.6 Å². The molecule has 0 N–H and O–H groups in total. The van der Waals surface area contributed by atoms with E-state index >= 15 is 0 Å². The number of benzene rings is 1. The fraction of sp³-hybridized carbons (Fsp3) is 0.538. The Balaban J connectivity index is 1.85. The first-order valence-electron chi connectivity index (χ1n) is 5.81. The van der Waals surface area contributed by atoms with Gasteiger partial charge in [-0.15, -0.1) is 0 Å². The van der Waals surface area contributed by atoms with Crippen molar-refractivity contribution in [3.05, 3.63) is 30.1 Å². The lowest BCUT2D eigenvalue weighted by Gasteiger charge is -2.29. The van der Waals surface area contributed by atoms with E-state index in [1.165, 1.54) is 18.9 Å². The van der Waals surface area contributed by atoms with Gasteiger partial charge in [0.1, 0.15) is 0 Å². The SMILES string of the molecule is CN1CCCC(COc2ccccc2F)C1. The van der Waals surface area contributed by atoms with Crippen molar-refractivity contribution in [2.75, 3.05) is 26.7 Å². The molecule has 0 radical (unpaired) electrons. The molecule has 1 aliphatic rings. The minimum Gasteiger partial charge on any atom is -0.490 e. The molecule has 0 saturated carbocycles. The van der Waals surface area contributed by atoms with E-state index in [0.717, 1.165) is 13.1 Å². The molecule has 1 aliphatic heterocycles. The molecule has 16 heavy (non-hydrogen) atoms. The summed E-state index contributed by atoms with van der Waals surface area (Å²) in [6, 6.07) is 6.59. The van der Waals surface area contributed by atoms with Crippen LogP contribution in [0.2, 0.25) is 0 Å². The second kappa shape index (κ2) is 5.30. The topological polar surface area (TPSA) is 12.5 Å². The third-order valence-electron chi connectivity index (χ3n) is 3.03. The monoisotopic (exact) mass is 223 g/mol. The zero-order chi connectivity index (χ0) is 11.4. The molecule has 1 unspecified atom stereocenters. The number of likely N-dealkylation sites (tertiary alicyclic amines) is 1. The van der Waals surface area contributed by atoms with Crippen molar-refractivity contribution in [1.82, 2.24) is 4.90 Å². The van der Waals surface area contributed by atoms with Crippen LogP contribution in [0.15, 0.2) is 24.3 Å². The number of nitrogens with zero attached hydrogens (tertiary/aromatic N) is 1. The molecule has 1 heterocycles. The van der Waals surface area contributed by atoms with E-state index in [1.54, 1.807) is 18.2 Å². The number of hydrogen-bond donors (Lipinski definition) is 0. The van der Waals surface area contributed by atoms with Crippen molar-refractivity contribution < 1.29 is 9.13 Å². The van der Waals surface area contributed by atoms with Gasteiger partial charge in [-0.25, -0.2) is 4.39 Å². The van der Waals surface area contributed by atoms with Crippen LogP contribution in [-0.2, 0) is 0 Å². The van der Waals surface area contributed by atoms with Gasteiger partial charge in [0.25, 0.3) is 0 Å². The molecular formula is C13H18FNO. The fourth-order valence-electron chi connectivity index (χ4n) is 2.18. The Bertz CT molecular complexity index is 342. The molecule has 0 aromatic heterocycles. The minimum absolute atomic E-state index is 0.272. The smallest absolute Gasteiger partial charge is 0.165 e. The molecule has 0 bridgehead atoms. The van der Waals surface area contributed by atoms with Crippen LogP contribution in [-0.4, -0.2) is 31.6 Å². The van der Waals surface area contributed by atoms with Gasteiger partial charge in [0.15, 0.2) is 11.6 Å². The van der Waals surface area contributed by atoms with Gasteiger partial charge >= 0.3 is 0 Å². The Morgan fingerprint density at radius 1 is 1.44 bits per heavy atom. The van der Waals surface area contributed by atoms with Crippen LogP contribution in [0.5, 0.6) is 5.75 Å². The summed E-state index contributed by atoms with van der Waals surface area (Å²) in [5.41, 5.74) is 0. The molecule has 1 atom stereocenters. The molecule has 1 aromatic carbocycles. The maximum atomic E-state index is 13.3. The molecule has 0 aliphatic carbocycles. The van der Waals surface area contributed by atoms with Crippen LogP contribution in [0.4, 0.5) is 4.39 Å². The van der Waals surface area contributed by atoms with E-state index in [4.69, 9.17) is 4.74 Å². The van der Waals surface area contributed by atoms with E-state index in [-0.39, 0.29) is 5.82 Å². The van der Waals surface area contributed by atoms with Gasteiger partial charge < -0.3 is 9.64 Å². The normalized spacial score (nSPS) is 22.0. The van der Waals surface area contributed by atoms with E-state index < -0.39 is 0 Å². The summed E-state index contributed by atoms with van der Waals surface area (Å²) >= 11 is 0. The standard InChI is InChI=1S/C13H18FNO/c1-15-8-4-5-11(9-15)10-16-13-7-3-2-6-12(13)14/h2-3,6-7,11H,4-5,8-10H2,1H3. The molecular weight excluding hydrogens is 205 g/mol. The molecule has 3 heteroatoms. The first kappa shape index (κ1) is 11.4. The Labute approximate surface area is 96.0 Å². The van der Waals surface area contributed by atoms with E-state index in [2.05, 4.69) is 11.9 Å². The molecule has 0 spiro atoms. The zero-order valence-electron chi connectivity index (χ0n) is 9.66. The number of para-hydroxylation sites is 1. The summed E-state index contributed by atoms with van der Waals surface area (Å²) < 4.78 is 18.8. The maximum Gasteiger partial charge on any atom is 0.165 e. The summed E-state index contributed by atoms with van der Waals surface area (Å²) in [6.45, 7) is 2.83. The second-order valence-corrected chi connectivity index (χ2v) is 4.51. The molecule has 1 fully saturated rings. The lowest BCUT2D eigenvalue weighted by atomic mass is 10.00. The number of rotatable bonds is 3. The summed E-state index contributed by atoms with van der Waals surface area (Å²) in [5.74, 6) is 0.626. The first-order valence-corrected chi connectivity index (χ1v) is 5.81. The van der Waals surface area contributed by atoms with Gasteiger partial charge in [0, 0.05) is 12.5 Å². The Morgan fingerprint density at radius 2 is 2.25 bits per heavy atom. The lowest BCUT2D eigenvalue weighted by Crippen LogP contribution is -2.34. The molecule has 1 saturated heterocycles. The number of ether oxygens (including phenoxy) is 1. The van der Waals surface area contributed by atoms with Crippen LogP contribution in [0.25, 0.3) is 0 Å². The van der Waals surface area contributed by atoms with Crippen molar-refractivity contribution in [3.63, 3.8) is 0 Å². The quantitative estimate of drug-likeness (QED) is 0.780. The average molecular weight is 223 g/mol. The van der Waals surface area contributed by atoms with Crippen molar-refractivity contribution in [1.29, 1.82) is 0 Å².